The quantitative estimate of drug-likeness (QED) is 0.869. The van der Waals surface area contributed by atoms with Crippen LogP contribution in [0.4, 0.5) is 8.78 Å². The van der Waals surface area contributed by atoms with E-state index in [4.69, 9.17) is 0 Å². The minimum Gasteiger partial charge on any atom is -0.480 e. The summed E-state index contributed by atoms with van der Waals surface area (Å²) in [6.45, 7) is 1.24. The number of carboxylic acid groups (broad SMARTS) is 1. The first kappa shape index (κ1) is 16.3. The summed E-state index contributed by atoms with van der Waals surface area (Å²) < 4.78 is 52.6. The standard InChI is InChI=1S/C12H12BrF2NO4S/c1-12(11(17)18)3-2-4-16(12)21(19,20)10-8(13)5-7(14)6-9(10)15/h5-6H,2-4H2,1H3,(H,17,18). The molecule has 1 fully saturated rings. The number of halogens is 3. The lowest BCUT2D eigenvalue weighted by atomic mass is 10.0. The number of hydrogen-bond donors (Lipinski definition) is 1. The van der Waals surface area contributed by atoms with Crippen molar-refractivity contribution in [1.82, 2.24) is 4.31 Å². The maximum absolute atomic E-state index is 13.9. The molecule has 9 heteroatoms. The van der Waals surface area contributed by atoms with Gasteiger partial charge in [-0.2, -0.15) is 4.31 Å². The minimum absolute atomic E-state index is 0.0333. The van der Waals surface area contributed by atoms with Crippen LogP contribution >= 0.6 is 15.9 Å². The summed E-state index contributed by atoms with van der Waals surface area (Å²) in [4.78, 5) is 10.6. The van der Waals surface area contributed by atoms with Gasteiger partial charge in [0.05, 0.1) is 0 Å². The molecule has 21 heavy (non-hydrogen) atoms. The highest BCUT2D eigenvalue weighted by atomic mass is 79.9. The van der Waals surface area contributed by atoms with Crippen LogP contribution in [0.1, 0.15) is 19.8 Å². The Labute approximate surface area is 128 Å². The van der Waals surface area contributed by atoms with E-state index in [-0.39, 0.29) is 17.4 Å². The smallest absolute Gasteiger partial charge is 0.324 e. The third kappa shape index (κ3) is 2.58. The topological polar surface area (TPSA) is 74.7 Å². The number of aliphatic carboxylic acids is 1. The molecule has 0 aromatic heterocycles. The van der Waals surface area contributed by atoms with Crippen molar-refractivity contribution in [2.75, 3.05) is 6.54 Å². The fraction of sp³-hybridized carbons (Fsp3) is 0.417. The van der Waals surface area contributed by atoms with Gasteiger partial charge in [0.1, 0.15) is 22.1 Å². The molecule has 1 atom stereocenters. The van der Waals surface area contributed by atoms with Crippen LogP contribution in [0, 0.1) is 11.6 Å². The molecule has 5 nitrogen and oxygen atoms in total. The van der Waals surface area contributed by atoms with Crippen LogP contribution in [-0.4, -0.2) is 35.9 Å². The zero-order valence-electron chi connectivity index (χ0n) is 10.9. The van der Waals surface area contributed by atoms with Gasteiger partial charge in [0.2, 0.25) is 10.0 Å². The molecule has 0 radical (unpaired) electrons. The van der Waals surface area contributed by atoms with Crippen LogP contribution < -0.4 is 0 Å². The van der Waals surface area contributed by atoms with Crippen LogP contribution in [0.2, 0.25) is 0 Å². The van der Waals surface area contributed by atoms with Crippen molar-refractivity contribution >= 4 is 31.9 Å². The Morgan fingerprint density at radius 2 is 2.05 bits per heavy atom. The van der Waals surface area contributed by atoms with E-state index < -0.39 is 38.1 Å². The van der Waals surface area contributed by atoms with Crippen LogP contribution in [0.15, 0.2) is 21.5 Å². The fourth-order valence-corrected chi connectivity index (χ4v) is 5.35. The van der Waals surface area contributed by atoms with E-state index in [0.717, 1.165) is 10.4 Å². The van der Waals surface area contributed by atoms with Gasteiger partial charge in [-0.1, -0.05) is 0 Å². The first-order valence-electron chi connectivity index (χ1n) is 6.01. The lowest BCUT2D eigenvalue weighted by Crippen LogP contribution is -2.50. The molecule has 116 valence electrons. The second-order valence-corrected chi connectivity index (χ2v) is 7.61. The van der Waals surface area contributed by atoms with E-state index in [9.17, 15) is 27.1 Å². The summed E-state index contributed by atoms with van der Waals surface area (Å²) in [6.07, 6.45) is 0.477. The van der Waals surface area contributed by atoms with Gasteiger partial charge in [-0.05, 0) is 41.8 Å². The highest BCUT2D eigenvalue weighted by Crippen LogP contribution is 2.37. The number of carboxylic acids is 1. The van der Waals surface area contributed by atoms with Gasteiger partial charge in [-0.15, -0.1) is 0 Å². The van der Waals surface area contributed by atoms with Crippen molar-refractivity contribution in [1.29, 1.82) is 0 Å². The summed E-state index contributed by atoms with van der Waals surface area (Å²) in [5.74, 6) is -3.50. The predicted octanol–water partition coefficient (Wildman–Crippen LogP) is 2.36. The first-order chi connectivity index (χ1) is 9.60. The van der Waals surface area contributed by atoms with Crippen molar-refractivity contribution in [2.24, 2.45) is 0 Å². The summed E-state index contributed by atoms with van der Waals surface area (Å²) in [6, 6.07) is 1.27. The molecule has 0 spiro atoms. The third-order valence-corrected chi connectivity index (χ3v) is 6.53. The number of benzene rings is 1. The SMILES string of the molecule is CC1(C(=O)O)CCCN1S(=O)(=O)c1c(F)cc(F)cc1Br. The molecule has 1 saturated heterocycles. The largest absolute Gasteiger partial charge is 0.480 e. The zero-order chi connectivity index (χ0) is 16.0. The molecule has 0 aliphatic carbocycles. The molecule has 1 aliphatic heterocycles. The Hall–Kier alpha value is -1.06. The van der Waals surface area contributed by atoms with Crippen LogP contribution in [0.25, 0.3) is 0 Å². The summed E-state index contributed by atoms with van der Waals surface area (Å²) >= 11 is 2.82. The molecule has 2 rings (SSSR count). The lowest BCUT2D eigenvalue weighted by molar-refractivity contribution is -0.146. The fourth-order valence-electron chi connectivity index (χ4n) is 2.42. The molecular formula is C12H12BrF2NO4S. The highest BCUT2D eigenvalue weighted by Gasteiger charge is 2.50. The lowest BCUT2D eigenvalue weighted by Gasteiger charge is -2.30. The van der Waals surface area contributed by atoms with Crippen LogP contribution in [-0.2, 0) is 14.8 Å². The van der Waals surface area contributed by atoms with Crippen molar-refractivity contribution in [3.05, 3.63) is 28.2 Å². The summed E-state index contributed by atoms with van der Waals surface area (Å²) in [5, 5.41) is 9.26. The van der Waals surface area contributed by atoms with Gasteiger partial charge < -0.3 is 5.11 Å². The maximum atomic E-state index is 13.9. The van der Waals surface area contributed by atoms with Gasteiger partial charge in [0, 0.05) is 17.1 Å². The van der Waals surface area contributed by atoms with E-state index in [1.54, 1.807) is 0 Å². The van der Waals surface area contributed by atoms with Crippen LogP contribution in [0.3, 0.4) is 0 Å². The van der Waals surface area contributed by atoms with E-state index >= 15 is 0 Å². The van der Waals surface area contributed by atoms with Crippen molar-refractivity contribution in [2.45, 2.75) is 30.2 Å². The zero-order valence-corrected chi connectivity index (χ0v) is 13.3. The molecule has 1 aromatic carbocycles. The van der Waals surface area contributed by atoms with E-state index in [1.165, 1.54) is 6.92 Å². The second-order valence-electron chi connectivity index (χ2n) is 4.96. The monoisotopic (exact) mass is 383 g/mol. The number of rotatable bonds is 3. The number of nitrogens with zero attached hydrogens (tertiary/aromatic N) is 1. The van der Waals surface area contributed by atoms with Gasteiger partial charge in [-0.25, -0.2) is 17.2 Å². The molecular weight excluding hydrogens is 372 g/mol. The third-order valence-electron chi connectivity index (χ3n) is 3.55. The highest BCUT2D eigenvalue weighted by molar-refractivity contribution is 9.10. The molecule has 0 amide bonds. The first-order valence-corrected chi connectivity index (χ1v) is 8.25. The molecule has 1 heterocycles. The van der Waals surface area contributed by atoms with E-state index in [1.807, 2.05) is 0 Å². The average molecular weight is 384 g/mol. The van der Waals surface area contributed by atoms with Gasteiger partial charge >= 0.3 is 5.97 Å². The van der Waals surface area contributed by atoms with Gasteiger partial charge in [0.15, 0.2) is 0 Å². The molecule has 1 unspecified atom stereocenters. The van der Waals surface area contributed by atoms with Crippen molar-refractivity contribution in [3.8, 4) is 0 Å². The Morgan fingerprint density at radius 3 is 2.57 bits per heavy atom. The van der Waals surface area contributed by atoms with Crippen molar-refractivity contribution in [3.63, 3.8) is 0 Å². The Kier molecular flexibility index (Phi) is 4.11. The minimum atomic E-state index is -4.41. The molecule has 0 bridgehead atoms. The molecule has 1 N–H and O–H groups in total. The number of carbonyl (C=O) groups is 1. The normalized spacial score (nSPS) is 23.4. The number of sulfonamides is 1. The molecule has 1 aromatic rings. The Bertz CT molecular complexity index is 686. The summed E-state index contributed by atoms with van der Waals surface area (Å²) in [5.41, 5.74) is -1.64. The summed E-state index contributed by atoms with van der Waals surface area (Å²) in [7, 11) is -4.41. The maximum Gasteiger partial charge on any atom is 0.324 e. The van der Waals surface area contributed by atoms with E-state index in [0.29, 0.717) is 12.5 Å². The van der Waals surface area contributed by atoms with Crippen LogP contribution in [0.5, 0.6) is 0 Å². The molecule has 0 saturated carbocycles. The van der Waals surface area contributed by atoms with Gasteiger partial charge in [-0.3, -0.25) is 4.79 Å². The van der Waals surface area contributed by atoms with E-state index in [2.05, 4.69) is 15.9 Å². The molecule has 1 aliphatic rings. The Balaban J connectivity index is 2.61. The van der Waals surface area contributed by atoms with Crippen molar-refractivity contribution < 1.29 is 27.1 Å². The Morgan fingerprint density at radius 1 is 1.43 bits per heavy atom. The second kappa shape index (κ2) is 5.29. The van der Waals surface area contributed by atoms with Gasteiger partial charge in [0.25, 0.3) is 0 Å². The number of hydrogen-bond acceptors (Lipinski definition) is 3. The average Bonchev–Trinajstić information content (AvgIpc) is 2.71. The predicted molar refractivity (Wildman–Crippen MR) is 73.2 cm³/mol.